The highest BCUT2D eigenvalue weighted by Crippen LogP contribution is 2.25. The zero-order chi connectivity index (χ0) is 20.3. The van der Waals surface area contributed by atoms with E-state index in [0.717, 1.165) is 22.2 Å². The predicted octanol–water partition coefficient (Wildman–Crippen LogP) is 3.61. The van der Waals surface area contributed by atoms with Gasteiger partial charge in [0.1, 0.15) is 5.75 Å². The molecule has 0 spiro atoms. The molecular weight excluding hydrogens is 370 g/mol. The summed E-state index contributed by atoms with van der Waals surface area (Å²) >= 11 is 0. The number of imidazole rings is 1. The van der Waals surface area contributed by atoms with Crippen molar-refractivity contribution in [1.29, 1.82) is 0 Å². The Hall–Kier alpha value is -3.20. The zero-order valence-electron chi connectivity index (χ0n) is 15.4. The highest BCUT2D eigenvalue weighted by atomic mass is 19.3. The molecule has 1 heterocycles. The summed E-state index contributed by atoms with van der Waals surface area (Å²) in [6.07, 6.45) is -2.86. The van der Waals surface area contributed by atoms with Crippen LogP contribution in [0.25, 0.3) is 11.0 Å². The number of benzene rings is 2. The van der Waals surface area contributed by atoms with Crippen LogP contribution in [-0.2, 0) is 16.0 Å². The molecule has 2 aromatic carbocycles. The van der Waals surface area contributed by atoms with Gasteiger partial charge in [-0.1, -0.05) is 0 Å². The number of ether oxygens (including phenoxy) is 2. The van der Waals surface area contributed by atoms with Gasteiger partial charge in [0, 0.05) is 12.1 Å². The molecule has 0 saturated carbocycles. The summed E-state index contributed by atoms with van der Waals surface area (Å²) in [5.74, 6) is 0.189. The van der Waals surface area contributed by atoms with Crippen molar-refractivity contribution in [2.24, 2.45) is 5.73 Å². The largest absolute Gasteiger partial charge is 0.469 e. The Morgan fingerprint density at radius 2 is 2.00 bits per heavy atom. The first-order valence-electron chi connectivity index (χ1n) is 8.52. The number of nitrogens with two attached hydrogens (primary N) is 1. The summed E-state index contributed by atoms with van der Waals surface area (Å²) in [6, 6.07) is 9.78. The van der Waals surface area contributed by atoms with Gasteiger partial charge in [-0.25, -0.2) is 10.7 Å². The number of nitrogens with zero attached hydrogens (tertiary/aromatic N) is 1. The lowest BCUT2D eigenvalue weighted by molar-refractivity contribution is -0.170. The number of aromatic nitrogens is 2. The van der Waals surface area contributed by atoms with Gasteiger partial charge in [0.25, 0.3) is 0 Å². The average molecular weight is 390 g/mol. The van der Waals surface area contributed by atoms with Gasteiger partial charge in [0.05, 0.1) is 18.1 Å². The monoisotopic (exact) mass is 390 g/mol. The maximum absolute atomic E-state index is 12.7. The molecule has 0 bridgehead atoms. The first-order valence-corrected chi connectivity index (χ1v) is 8.52. The van der Waals surface area contributed by atoms with Crippen molar-refractivity contribution < 1.29 is 23.0 Å². The zero-order valence-corrected chi connectivity index (χ0v) is 15.4. The van der Waals surface area contributed by atoms with Gasteiger partial charge < -0.3 is 19.8 Å². The quantitative estimate of drug-likeness (QED) is 0.324. The number of nitrogens with one attached hydrogen (secondary N) is 2. The summed E-state index contributed by atoms with van der Waals surface area (Å²) in [6.45, 7) is 1.96. The number of methoxy groups -OCH3 is 1. The summed E-state index contributed by atoms with van der Waals surface area (Å²) in [5.41, 5.74) is 8.80. The van der Waals surface area contributed by atoms with E-state index in [1.165, 1.54) is 19.2 Å². The summed E-state index contributed by atoms with van der Waals surface area (Å²) in [7, 11) is 1.37. The van der Waals surface area contributed by atoms with Crippen molar-refractivity contribution in [3.05, 3.63) is 47.5 Å². The van der Waals surface area contributed by atoms with Gasteiger partial charge in [0.2, 0.25) is 5.95 Å². The number of H-pyrrole nitrogens is 1. The van der Waals surface area contributed by atoms with Crippen molar-refractivity contribution in [2.75, 3.05) is 12.4 Å². The molecule has 0 aliphatic rings. The Morgan fingerprint density at radius 3 is 2.64 bits per heavy atom. The number of fused-ring (bicyclic) bond motifs is 1. The van der Waals surface area contributed by atoms with Crippen LogP contribution in [0.5, 0.6) is 5.75 Å². The minimum Gasteiger partial charge on any atom is -0.469 e. The van der Waals surface area contributed by atoms with E-state index in [-0.39, 0.29) is 11.7 Å². The lowest BCUT2D eigenvalue weighted by Crippen LogP contribution is -2.35. The van der Waals surface area contributed by atoms with E-state index >= 15 is 0 Å². The highest BCUT2D eigenvalue weighted by Gasteiger charge is 2.24. The predicted molar refractivity (Wildman–Crippen MR) is 101 cm³/mol. The van der Waals surface area contributed by atoms with Crippen molar-refractivity contribution >= 4 is 28.6 Å². The molecule has 3 rings (SSSR count). The number of rotatable bonds is 7. The first-order chi connectivity index (χ1) is 13.2. The second-order valence-corrected chi connectivity index (χ2v) is 6.27. The number of anilines is 2. The Bertz CT molecular complexity index is 981. The van der Waals surface area contributed by atoms with E-state index < -0.39 is 6.23 Å². The minimum absolute atomic E-state index is 0.0477. The Morgan fingerprint density at radius 1 is 1.29 bits per heavy atom. The molecule has 3 aromatic rings. The lowest BCUT2D eigenvalue weighted by Gasteiger charge is -2.12. The SMILES string of the molecule is COC(=O)CCc1cc2nc(Nc3ccc(OC(N)(F)F)cc3)[nH]c2cc1C. The number of aromatic amines is 1. The van der Waals surface area contributed by atoms with Crippen LogP contribution in [0.4, 0.5) is 20.4 Å². The molecule has 7 nitrogen and oxygen atoms in total. The summed E-state index contributed by atoms with van der Waals surface area (Å²) < 4.78 is 34.3. The summed E-state index contributed by atoms with van der Waals surface area (Å²) in [5, 5.41) is 3.07. The molecule has 0 radical (unpaired) electrons. The van der Waals surface area contributed by atoms with Gasteiger partial charge in [-0.05, 0) is 60.9 Å². The van der Waals surface area contributed by atoms with Crippen LogP contribution in [0.3, 0.4) is 0 Å². The Kier molecular flexibility index (Phi) is 5.46. The van der Waals surface area contributed by atoms with Crippen LogP contribution in [-0.4, -0.2) is 29.3 Å². The highest BCUT2D eigenvalue weighted by molar-refractivity contribution is 5.80. The molecule has 4 N–H and O–H groups in total. The van der Waals surface area contributed by atoms with E-state index in [0.29, 0.717) is 24.5 Å². The van der Waals surface area contributed by atoms with Gasteiger partial charge in [0.15, 0.2) is 0 Å². The standard InChI is InChI=1S/C19H20F2N4O3/c1-11-9-15-16(10-12(11)3-8-17(26)27-2)25-18(24-15)23-13-4-6-14(7-5-13)28-19(20,21)22/h4-7,9-10H,3,8,22H2,1-2H3,(H2,23,24,25). The minimum atomic E-state index is -3.73. The van der Waals surface area contributed by atoms with Crippen molar-refractivity contribution in [1.82, 2.24) is 9.97 Å². The van der Waals surface area contributed by atoms with Crippen molar-refractivity contribution in [3.63, 3.8) is 0 Å². The van der Waals surface area contributed by atoms with Crippen molar-refractivity contribution in [3.8, 4) is 5.75 Å². The Labute approximate surface area is 159 Å². The van der Waals surface area contributed by atoms with Crippen LogP contribution < -0.4 is 15.8 Å². The van der Waals surface area contributed by atoms with Crippen LogP contribution in [0.2, 0.25) is 0 Å². The number of hydrogen-bond donors (Lipinski definition) is 3. The number of carbonyl (C=O) groups excluding carboxylic acids is 1. The number of esters is 1. The molecule has 0 atom stereocenters. The molecule has 28 heavy (non-hydrogen) atoms. The maximum Gasteiger partial charge on any atom is 0.466 e. The average Bonchev–Trinajstić information content (AvgIpc) is 3.00. The third kappa shape index (κ3) is 4.95. The molecule has 0 aliphatic heterocycles. The molecular formula is C19H20F2N4O3. The molecule has 1 aromatic heterocycles. The number of carbonyl (C=O) groups is 1. The fourth-order valence-corrected chi connectivity index (χ4v) is 2.78. The number of halogens is 2. The van der Waals surface area contributed by atoms with Gasteiger partial charge >= 0.3 is 12.2 Å². The van der Waals surface area contributed by atoms with E-state index in [1.807, 2.05) is 19.1 Å². The second kappa shape index (κ2) is 7.81. The first kappa shape index (κ1) is 19.6. The smallest absolute Gasteiger partial charge is 0.466 e. The fourth-order valence-electron chi connectivity index (χ4n) is 2.78. The molecule has 0 saturated heterocycles. The Balaban J connectivity index is 1.74. The van der Waals surface area contributed by atoms with Gasteiger partial charge in [-0.3, -0.25) is 4.79 Å². The molecule has 0 fully saturated rings. The molecule has 0 aliphatic carbocycles. The summed E-state index contributed by atoms with van der Waals surface area (Å²) in [4.78, 5) is 19.0. The number of hydrogen-bond acceptors (Lipinski definition) is 6. The van der Waals surface area contributed by atoms with Crippen LogP contribution >= 0.6 is 0 Å². The van der Waals surface area contributed by atoms with E-state index in [4.69, 9.17) is 0 Å². The lowest BCUT2D eigenvalue weighted by atomic mass is 10.0. The van der Waals surface area contributed by atoms with E-state index in [2.05, 4.69) is 30.5 Å². The second-order valence-electron chi connectivity index (χ2n) is 6.27. The topological polar surface area (TPSA) is 102 Å². The molecule has 0 unspecified atom stereocenters. The van der Waals surface area contributed by atoms with Gasteiger partial charge in [-0.2, -0.15) is 0 Å². The van der Waals surface area contributed by atoms with Crippen LogP contribution in [0, 0.1) is 6.92 Å². The van der Waals surface area contributed by atoms with Crippen LogP contribution in [0.15, 0.2) is 36.4 Å². The van der Waals surface area contributed by atoms with Gasteiger partial charge in [-0.15, -0.1) is 8.78 Å². The molecule has 0 amide bonds. The third-order valence-corrected chi connectivity index (χ3v) is 4.14. The maximum atomic E-state index is 12.7. The third-order valence-electron chi connectivity index (χ3n) is 4.14. The number of alkyl halides is 2. The fraction of sp³-hybridized carbons (Fsp3) is 0.263. The van der Waals surface area contributed by atoms with E-state index in [1.54, 1.807) is 12.1 Å². The normalized spacial score (nSPS) is 11.5. The molecule has 9 heteroatoms. The van der Waals surface area contributed by atoms with Crippen LogP contribution in [0.1, 0.15) is 17.5 Å². The number of aryl methyl sites for hydroxylation is 2. The van der Waals surface area contributed by atoms with Crippen molar-refractivity contribution in [2.45, 2.75) is 26.0 Å². The molecule has 148 valence electrons. The van der Waals surface area contributed by atoms with E-state index in [9.17, 15) is 13.6 Å².